The van der Waals surface area contributed by atoms with Crippen LogP contribution in [0.4, 0.5) is 0 Å². The second kappa shape index (κ2) is 5.70. The van der Waals surface area contributed by atoms with Gasteiger partial charge in [-0.2, -0.15) is 5.10 Å². The fraction of sp³-hybridized carbons (Fsp3) is 0.636. The van der Waals surface area contributed by atoms with Gasteiger partial charge >= 0.3 is 0 Å². The summed E-state index contributed by atoms with van der Waals surface area (Å²) in [5, 5.41) is 7.52. The smallest absolute Gasteiger partial charge is 0.189 e. The van der Waals surface area contributed by atoms with Gasteiger partial charge in [-0.1, -0.05) is 0 Å². The van der Waals surface area contributed by atoms with Gasteiger partial charge in [0, 0.05) is 24.3 Å². The van der Waals surface area contributed by atoms with Gasteiger partial charge in [0.25, 0.3) is 0 Å². The van der Waals surface area contributed by atoms with E-state index in [1.165, 1.54) is 18.4 Å². The number of rotatable bonds is 3. The molecule has 0 aliphatic heterocycles. The van der Waals surface area contributed by atoms with Crippen LogP contribution in [-0.4, -0.2) is 21.8 Å². The maximum absolute atomic E-state index is 5.78. The van der Waals surface area contributed by atoms with Gasteiger partial charge < -0.3 is 11.1 Å². The number of nitrogens with zero attached hydrogens (tertiary/aromatic N) is 3. The van der Waals surface area contributed by atoms with Crippen molar-refractivity contribution in [1.29, 1.82) is 0 Å². The van der Waals surface area contributed by atoms with Crippen molar-refractivity contribution in [3.05, 3.63) is 17.0 Å². The van der Waals surface area contributed by atoms with Crippen molar-refractivity contribution < 1.29 is 0 Å². The standard InChI is InChI=1S/C11H19N5.HI/c1-7-10(8(2)16(3)15-7)6-13-11(12)14-9-4-5-9;/h9H,4-6H2,1-3H3,(H3,12,13,14);1H. The molecule has 1 fully saturated rings. The largest absolute Gasteiger partial charge is 0.370 e. The van der Waals surface area contributed by atoms with E-state index in [1.54, 1.807) is 0 Å². The van der Waals surface area contributed by atoms with Crippen LogP contribution in [0.1, 0.15) is 29.8 Å². The number of aromatic nitrogens is 2. The first kappa shape index (κ1) is 14.3. The molecule has 5 nitrogen and oxygen atoms in total. The van der Waals surface area contributed by atoms with Crippen molar-refractivity contribution >= 4 is 29.9 Å². The number of halogens is 1. The molecule has 1 aromatic heterocycles. The molecular weight excluding hydrogens is 329 g/mol. The summed E-state index contributed by atoms with van der Waals surface area (Å²) in [7, 11) is 1.95. The molecule has 96 valence electrons. The van der Waals surface area contributed by atoms with E-state index >= 15 is 0 Å². The van der Waals surface area contributed by atoms with Gasteiger partial charge in [0.05, 0.1) is 12.2 Å². The molecule has 1 heterocycles. The van der Waals surface area contributed by atoms with E-state index in [1.807, 2.05) is 18.7 Å². The number of hydrogen-bond acceptors (Lipinski definition) is 2. The summed E-state index contributed by atoms with van der Waals surface area (Å²) in [6.07, 6.45) is 2.42. The van der Waals surface area contributed by atoms with E-state index in [0.29, 0.717) is 18.5 Å². The van der Waals surface area contributed by atoms with Crippen LogP contribution < -0.4 is 11.1 Å². The lowest BCUT2D eigenvalue weighted by atomic mass is 10.2. The predicted octanol–water partition coefficient (Wildman–Crippen LogP) is 1.22. The van der Waals surface area contributed by atoms with Gasteiger partial charge in [0.15, 0.2) is 5.96 Å². The number of aliphatic imine (C=N–C) groups is 1. The molecule has 0 atom stereocenters. The molecule has 0 spiro atoms. The molecule has 0 unspecified atom stereocenters. The van der Waals surface area contributed by atoms with Crippen molar-refractivity contribution in [3.63, 3.8) is 0 Å². The highest BCUT2D eigenvalue weighted by atomic mass is 127. The third kappa shape index (κ3) is 3.58. The first-order valence-corrected chi connectivity index (χ1v) is 5.63. The van der Waals surface area contributed by atoms with Crippen LogP contribution in [0.25, 0.3) is 0 Å². The van der Waals surface area contributed by atoms with Crippen LogP contribution in [0.5, 0.6) is 0 Å². The predicted molar refractivity (Wildman–Crippen MR) is 79.6 cm³/mol. The Labute approximate surface area is 119 Å². The van der Waals surface area contributed by atoms with Crippen molar-refractivity contribution in [2.45, 2.75) is 39.3 Å². The molecule has 1 aliphatic carbocycles. The molecule has 1 aliphatic rings. The highest BCUT2D eigenvalue weighted by molar-refractivity contribution is 14.0. The maximum atomic E-state index is 5.78. The lowest BCUT2D eigenvalue weighted by molar-refractivity contribution is 0.730. The lowest BCUT2D eigenvalue weighted by Gasteiger charge is -2.03. The first-order chi connectivity index (χ1) is 7.58. The van der Waals surface area contributed by atoms with Crippen molar-refractivity contribution in [2.24, 2.45) is 17.8 Å². The van der Waals surface area contributed by atoms with Crippen LogP contribution in [0.2, 0.25) is 0 Å². The average molecular weight is 349 g/mol. The highest BCUT2D eigenvalue weighted by Crippen LogP contribution is 2.18. The van der Waals surface area contributed by atoms with E-state index in [2.05, 4.69) is 22.3 Å². The Bertz CT molecular complexity index is 420. The molecule has 0 amide bonds. The monoisotopic (exact) mass is 349 g/mol. The van der Waals surface area contributed by atoms with Crippen LogP contribution >= 0.6 is 24.0 Å². The van der Waals surface area contributed by atoms with E-state index in [-0.39, 0.29) is 24.0 Å². The summed E-state index contributed by atoms with van der Waals surface area (Å²) < 4.78 is 1.88. The number of aryl methyl sites for hydroxylation is 2. The van der Waals surface area contributed by atoms with Gasteiger partial charge in [0.2, 0.25) is 0 Å². The summed E-state index contributed by atoms with van der Waals surface area (Å²) in [4.78, 5) is 4.34. The van der Waals surface area contributed by atoms with E-state index in [4.69, 9.17) is 5.73 Å². The Balaban J connectivity index is 0.00000144. The van der Waals surface area contributed by atoms with Crippen molar-refractivity contribution in [3.8, 4) is 0 Å². The zero-order valence-electron chi connectivity index (χ0n) is 10.5. The molecule has 17 heavy (non-hydrogen) atoms. The summed E-state index contributed by atoms with van der Waals surface area (Å²) in [6, 6.07) is 0.555. The number of hydrogen-bond donors (Lipinski definition) is 2. The number of nitrogens with two attached hydrogens (primary N) is 1. The van der Waals surface area contributed by atoms with Crippen LogP contribution in [0.3, 0.4) is 0 Å². The highest BCUT2D eigenvalue weighted by Gasteiger charge is 2.21. The summed E-state index contributed by atoms with van der Waals surface area (Å²) in [5.41, 5.74) is 9.13. The third-order valence-corrected chi connectivity index (χ3v) is 3.00. The van der Waals surface area contributed by atoms with Gasteiger partial charge in [-0.3, -0.25) is 4.68 Å². The summed E-state index contributed by atoms with van der Waals surface area (Å²) in [6.45, 7) is 4.66. The Hall–Kier alpha value is -0.790. The summed E-state index contributed by atoms with van der Waals surface area (Å²) in [5.74, 6) is 0.546. The average Bonchev–Trinajstić information content (AvgIpc) is 2.97. The van der Waals surface area contributed by atoms with Crippen LogP contribution in [-0.2, 0) is 13.6 Å². The Morgan fingerprint density at radius 2 is 2.18 bits per heavy atom. The van der Waals surface area contributed by atoms with E-state index in [9.17, 15) is 0 Å². The number of guanidine groups is 1. The second-order valence-electron chi connectivity index (χ2n) is 4.39. The number of nitrogens with one attached hydrogen (secondary N) is 1. The lowest BCUT2D eigenvalue weighted by Crippen LogP contribution is -2.33. The van der Waals surface area contributed by atoms with Gasteiger partial charge in [0.1, 0.15) is 0 Å². The van der Waals surface area contributed by atoms with Crippen molar-refractivity contribution in [1.82, 2.24) is 15.1 Å². The molecule has 2 rings (SSSR count). The molecule has 0 radical (unpaired) electrons. The normalized spacial score (nSPS) is 15.6. The fourth-order valence-corrected chi connectivity index (χ4v) is 1.69. The minimum atomic E-state index is 0. The van der Waals surface area contributed by atoms with Crippen LogP contribution in [0, 0.1) is 13.8 Å². The van der Waals surface area contributed by atoms with Crippen molar-refractivity contribution in [2.75, 3.05) is 0 Å². The summed E-state index contributed by atoms with van der Waals surface area (Å²) >= 11 is 0. The molecule has 1 aromatic rings. The Kier molecular flexibility index (Phi) is 4.79. The zero-order chi connectivity index (χ0) is 11.7. The topological polar surface area (TPSA) is 68.2 Å². The quantitative estimate of drug-likeness (QED) is 0.490. The Morgan fingerprint density at radius 3 is 2.65 bits per heavy atom. The third-order valence-electron chi connectivity index (χ3n) is 3.00. The SMILES string of the molecule is Cc1nn(C)c(C)c1CN=C(N)NC1CC1.I. The Morgan fingerprint density at radius 1 is 1.53 bits per heavy atom. The van der Waals surface area contributed by atoms with Gasteiger partial charge in [-0.25, -0.2) is 4.99 Å². The minimum absolute atomic E-state index is 0. The van der Waals surface area contributed by atoms with E-state index < -0.39 is 0 Å². The molecule has 0 bridgehead atoms. The van der Waals surface area contributed by atoms with E-state index in [0.717, 1.165) is 11.4 Å². The molecule has 0 saturated heterocycles. The van der Waals surface area contributed by atoms with Gasteiger partial charge in [-0.05, 0) is 26.7 Å². The minimum Gasteiger partial charge on any atom is -0.370 e. The molecule has 1 saturated carbocycles. The maximum Gasteiger partial charge on any atom is 0.189 e. The molecular formula is C11H20IN5. The fourth-order valence-electron chi connectivity index (χ4n) is 1.69. The molecule has 6 heteroatoms. The molecule has 0 aromatic carbocycles. The second-order valence-corrected chi connectivity index (χ2v) is 4.39. The van der Waals surface area contributed by atoms with Crippen LogP contribution in [0.15, 0.2) is 4.99 Å². The van der Waals surface area contributed by atoms with Gasteiger partial charge in [-0.15, -0.1) is 24.0 Å². The first-order valence-electron chi connectivity index (χ1n) is 5.63. The molecule has 3 N–H and O–H groups in total. The zero-order valence-corrected chi connectivity index (χ0v) is 12.9.